The molecule has 0 N–H and O–H groups in total. The third-order valence-corrected chi connectivity index (χ3v) is 2.03. The lowest BCUT2D eigenvalue weighted by atomic mass is 10.2. The highest BCUT2D eigenvalue weighted by molar-refractivity contribution is 6.20. The Morgan fingerprint density at radius 3 is 2.85 bits per heavy atom. The molecular weight excluding hydrogens is 186 g/mol. The first kappa shape index (κ1) is 10.5. The summed E-state index contributed by atoms with van der Waals surface area (Å²) in [6.45, 7) is 2.58. The number of nitrogens with zero attached hydrogens (tertiary/aromatic N) is 1. The number of aryl methyl sites for hydroxylation is 1. The van der Waals surface area contributed by atoms with Crippen molar-refractivity contribution in [1.82, 2.24) is 4.98 Å². The van der Waals surface area contributed by atoms with Crippen LogP contribution in [0.1, 0.15) is 11.3 Å². The molecule has 3 heteroatoms. The van der Waals surface area contributed by atoms with Crippen molar-refractivity contribution in [2.24, 2.45) is 0 Å². The monoisotopic (exact) mass is 199 g/mol. The largest absolute Gasteiger partial charge is 0.383 e. The Labute approximate surface area is 83.9 Å². The summed E-state index contributed by atoms with van der Waals surface area (Å²) in [5, 5.41) is 0.0141. The molecule has 0 saturated carbocycles. The van der Waals surface area contributed by atoms with Gasteiger partial charge in [0, 0.05) is 25.4 Å². The molecule has 72 valence electrons. The second-order valence-electron chi connectivity index (χ2n) is 3.08. The maximum Gasteiger partial charge on any atom is 0.0630 e. The van der Waals surface area contributed by atoms with E-state index in [1.165, 1.54) is 5.56 Å². The van der Waals surface area contributed by atoms with Gasteiger partial charge >= 0.3 is 0 Å². The summed E-state index contributed by atoms with van der Waals surface area (Å²) in [5.74, 6) is 0. The van der Waals surface area contributed by atoms with Crippen LogP contribution in [-0.4, -0.2) is 24.1 Å². The van der Waals surface area contributed by atoms with Crippen molar-refractivity contribution in [3.05, 3.63) is 29.6 Å². The van der Waals surface area contributed by atoms with Gasteiger partial charge in [0.2, 0.25) is 0 Å². The number of aromatic nitrogens is 1. The minimum Gasteiger partial charge on any atom is -0.383 e. The van der Waals surface area contributed by atoms with Crippen LogP contribution in [0.25, 0.3) is 0 Å². The van der Waals surface area contributed by atoms with Gasteiger partial charge in [0.25, 0.3) is 0 Å². The predicted octanol–water partition coefficient (Wildman–Crippen LogP) is 2.19. The number of ether oxygens (including phenoxy) is 1. The summed E-state index contributed by atoms with van der Waals surface area (Å²) >= 11 is 5.99. The van der Waals surface area contributed by atoms with Crippen LogP contribution in [0.2, 0.25) is 0 Å². The summed E-state index contributed by atoms with van der Waals surface area (Å²) in [4.78, 5) is 4.26. The number of alkyl halides is 1. The number of hydrogen-bond acceptors (Lipinski definition) is 2. The molecule has 0 aromatic carbocycles. The number of halogens is 1. The van der Waals surface area contributed by atoms with Crippen molar-refractivity contribution in [3.63, 3.8) is 0 Å². The SMILES string of the molecule is COCC(Cl)Cc1ccc(C)cn1. The van der Waals surface area contributed by atoms with Crippen LogP contribution in [0, 0.1) is 6.92 Å². The van der Waals surface area contributed by atoms with Crippen molar-refractivity contribution in [1.29, 1.82) is 0 Å². The van der Waals surface area contributed by atoms with Gasteiger partial charge in [-0.2, -0.15) is 0 Å². The lowest BCUT2D eigenvalue weighted by Gasteiger charge is -2.07. The van der Waals surface area contributed by atoms with Gasteiger partial charge < -0.3 is 4.74 Å². The summed E-state index contributed by atoms with van der Waals surface area (Å²) in [7, 11) is 1.65. The summed E-state index contributed by atoms with van der Waals surface area (Å²) in [5.41, 5.74) is 2.18. The number of hydrogen-bond donors (Lipinski definition) is 0. The molecule has 1 rings (SSSR count). The average molecular weight is 200 g/mol. The smallest absolute Gasteiger partial charge is 0.0630 e. The highest BCUT2D eigenvalue weighted by atomic mass is 35.5. The molecule has 0 aliphatic rings. The Morgan fingerprint density at radius 1 is 1.54 bits per heavy atom. The fourth-order valence-corrected chi connectivity index (χ4v) is 1.37. The van der Waals surface area contributed by atoms with E-state index in [1.807, 2.05) is 25.3 Å². The Balaban J connectivity index is 2.49. The Kier molecular flexibility index (Phi) is 4.19. The van der Waals surface area contributed by atoms with Gasteiger partial charge in [-0.15, -0.1) is 11.6 Å². The molecule has 0 bridgehead atoms. The molecule has 1 aromatic heterocycles. The summed E-state index contributed by atoms with van der Waals surface area (Å²) < 4.78 is 4.94. The second kappa shape index (κ2) is 5.20. The number of rotatable bonds is 4. The van der Waals surface area contributed by atoms with E-state index in [9.17, 15) is 0 Å². The highest BCUT2D eigenvalue weighted by Gasteiger charge is 2.05. The van der Waals surface area contributed by atoms with E-state index in [2.05, 4.69) is 4.98 Å². The Hall–Kier alpha value is -0.600. The zero-order valence-corrected chi connectivity index (χ0v) is 8.71. The van der Waals surface area contributed by atoms with E-state index in [-0.39, 0.29) is 5.38 Å². The minimum absolute atomic E-state index is 0.0141. The van der Waals surface area contributed by atoms with Gasteiger partial charge in [0.15, 0.2) is 0 Å². The van der Waals surface area contributed by atoms with Gasteiger partial charge in [0.05, 0.1) is 12.0 Å². The van der Waals surface area contributed by atoms with Crippen LogP contribution in [0.3, 0.4) is 0 Å². The van der Waals surface area contributed by atoms with E-state index in [1.54, 1.807) is 7.11 Å². The second-order valence-corrected chi connectivity index (χ2v) is 3.70. The van der Waals surface area contributed by atoms with Crippen LogP contribution in [0.15, 0.2) is 18.3 Å². The first-order valence-corrected chi connectivity index (χ1v) is 4.70. The van der Waals surface area contributed by atoms with E-state index in [4.69, 9.17) is 16.3 Å². The van der Waals surface area contributed by atoms with Gasteiger partial charge in [-0.3, -0.25) is 4.98 Å². The fraction of sp³-hybridized carbons (Fsp3) is 0.500. The van der Waals surface area contributed by atoms with Gasteiger partial charge in [-0.05, 0) is 18.6 Å². The highest BCUT2D eigenvalue weighted by Crippen LogP contribution is 2.06. The molecular formula is C10H14ClNO. The van der Waals surface area contributed by atoms with E-state index in [0.29, 0.717) is 6.61 Å². The molecule has 13 heavy (non-hydrogen) atoms. The standard InChI is InChI=1S/C10H14ClNO/c1-8-3-4-10(12-6-8)5-9(11)7-13-2/h3-4,6,9H,5,7H2,1-2H3. The third kappa shape index (κ3) is 3.75. The van der Waals surface area contributed by atoms with Crippen LogP contribution < -0.4 is 0 Å². The summed E-state index contributed by atoms with van der Waals surface area (Å²) in [6.07, 6.45) is 2.61. The molecule has 0 aliphatic carbocycles. The molecule has 1 heterocycles. The molecule has 0 amide bonds. The number of pyridine rings is 1. The van der Waals surface area contributed by atoms with E-state index < -0.39 is 0 Å². The topological polar surface area (TPSA) is 22.1 Å². The quantitative estimate of drug-likeness (QED) is 0.694. The molecule has 0 aliphatic heterocycles. The van der Waals surface area contributed by atoms with Gasteiger partial charge in [0.1, 0.15) is 0 Å². The fourth-order valence-electron chi connectivity index (χ4n) is 1.09. The molecule has 0 radical (unpaired) electrons. The number of methoxy groups -OCH3 is 1. The van der Waals surface area contributed by atoms with Crippen LogP contribution >= 0.6 is 11.6 Å². The van der Waals surface area contributed by atoms with Crippen molar-refractivity contribution >= 4 is 11.6 Å². The first-order chi connectivity index (χ1) is 6.22. The zero-order valence-electron chi connectivity index (χ0n) is 7.96. The molecule has 0 spiro atoms. The van der Waals surface area contributed by atoms with Crippen LogP contribution in [-0.2, 0) is 11.2 Å². The third-order valence-electron chi connectivity index (χ3n) is 1.75. The zero-order chi connectivity index (χ0) is 9.68. The van der Waals surface area contributed by atoms with Crippen molar-refractivity contribution in [3.8, 4) is 0 Å². The lowest BCUT2D eigenvalue weighted by Crippen LogP contribution is -2.11. The lowest BCUT2D eigenvalue weighted by molar-refractivity contribution is 0.197. The van der Waals surface area contributed by atoms with E-state index in [0.717, 1.165) is 12.1 Å². The van der Waals surface area contributed by atoms with Gasteiger partial charge in [-0.25, -0.2) is 0 Å². The molecule has 2 nitrogen and oxygen atoms in total. The predicted molar refractivity (Wildman–Crippen MR) is 54.2 cm³/mol. The maximum atomic E-state index is 5.99. The minimum atomic E-state index is 0.0141. The van der Waals surface area contributed by atoms with Crippen LogP contribution in [0.5, 0.6) is 0 Å². The molecule has 1 atom stereocenters. The Bertz CT molecular complexity index is 248. The molecule has 0 saturated heterocycles. The van der Waals surface area contributed by atoms with E-state index >= 15 is 0 Å². The first-order valence-electron chi connectivity index (χ1n) is 4.27. The molecule has 1 unspecified atom stereocenters. The molecule has 1 aromatic rings. The maximum absolute atomic E-state index is 5.99. The molecule has 0 fully saturated rings. The van der Waals surface area contributed by atoms with Gasteiger partial charge in [-0.1, -0.05) is 6.07 Å². The summed E-state index contributed by atoms with van der Waals surface area (Å²) in [6, 6.07) is 4.04. The average Bonchev–Trinajstić information content (AvgIpc) is 2.09. The normalized spacial score (nSPS) is 12.8. The van der Waals surface area contributed by atoms with Crippen molar-refractivity contribution in [2.75, 3.05) is 13.7 Å². The van der Waals surface area contributed by atoms with Crippen molar-refractivity contribution in [2.45, 2.75) is 18.7 Å². The Morgan fingerprint density at radius 2 is 2.31 bits per heavy atom. The van der Waals surface area contributed by atoms with Crippen molar-refractivity contribution < 1.29 is 4.74 Å². The van der Waals surface area contributed by atoms with Crippen LogP contribution in [0.4, 0.5) is 0 Å².